The summed E-state index contributed by atoms with van der Waals surface area (Å²) in [7, 11) is 0. The van der Waals surface area contributed by atoms with Crippen molar-refractivity contribution < 1.29 is 34.8 Å². The summed E-state index contributed by atoms with van der Waals surface area (Å²) in [4.78, 5) is 32.0. The lowest BCUT2D eigenvalue weighted by Crippen LogP contribution is -2.19. The van der Waals surface area contributed by atoms with Crippen LogP contribution < -0.4 is 0 Å². The van der Waals surface area contributed by atoms with Crippen molar-refractivity contribution in [2.24, 2.45) is 0 Å². The van der Waals surface area contributed by atoms with Gasteiger partial charge in [0.25, 0.3) is 5.78 Å². The Morgan fingerprint density at radius 2 is 1.37 bits per heavy atom. The average molecular weight is 418 g/mol. The first-order chi connectivity index (χ1) is 13.8. The molecule has 0 radical (unpaired) electrons. The summed E-state index contributed by atoms with van der Waals surface area (Å²) in [5.41, 5.74) is 2.40. The molecule has 0 bridgehead atoms. The summed E-state index contributed by atoms with van der Waals surface area (Å²) in [5, 5.41) is 34.1. The Bertz CT molecular complexity index is 827. The zero-order valence-corrected chi connectivity index (χ0v) is 18.0. The SMILES string of the molecule is CC(C)(O)CCO.Cc1cc(C)c(C(=O)C(=O)O)c(C)c1.O=C(O)c1ccccc1. The molecule has 4 N–H and O–H groups in total. The summed E-state index contributed by atoms with van der Waals surface area (Å²) in [6, 6.07) is 11.9. The van der Waals surface area contributed by atoms with Gasteiger partial charge in [-0.2, -0.15) is 0 Å². The Hall–Kier alpha value is -3.03. The molecule has 7 heteroatoms. The predicted molar refractivity (Wildman–Crippen MR) is 114 cm³/mol. The maximum atomic E-state index is 11.3. The number of aromatic carboxylic acids is 1. The first-order valence-electron chi connectivity index (χ1n) is 9.27. The molecule has 0 fully saturated rings. The number of carbonyl (C=O) groups is 3. The molecule has 0 aliphatic heterocycles. The van der Waals surface area contributed by atoms with E-state index < -0.39 is 23.3 Å². The Balaban J connectivity index is 0.000000454. The number of carboxylic acids is 2. The molecule has 2 aromatic carbocycles. The van der Waals surface area contributed by atoms with E-state index in [-0.39, 0.29) is 6.61 Å². The van der Waals surface area contributed by atoms with E-state index in [1.807, 2.05) is 19.1 Å². The minimum Gasteiger partial charge on any atom is -0.478 e. The summed E-state index contributed by atoms with van der Waals surface area (Å²) < 4.78 is 0. The van der Waals surface area contributed by atoms with Gasteiger partial charge in [0.2, 0.25) is 0 Å². The maximum Gasteiger partial charge on any atom is 0.377 e. The van der Waals surface area contributed by atoms with Crippen LogP contribution in [-0.2, 0) is 4.79 Å². The van der Waals surface area contributed by atoms with Crippen molar-refractivity contribution >= 4 is 17.7 Å². The van der Waals surface area contributed by atoms with E-state index in [9.17, 15) is 14.4 Å². The fourth-order valence-electron chi connectivity index (χ4n) is 2.50. The van der Waals surface area contributed by atoms with Crippen molar-refractivity contribution in [2.45, 2.75) is 46.6 Å². The van der Waals surface area contributed by atoms with Gasteiger partial charge in [-0.3, -0.25) is 4.79 Å². The van der Waals surface area contributed by atoms with Gasteiger partial charge in [0, 0.05) is 12.2 Å². The highest BCUT2D eigenvalue weighted by atomic mass is 16.4. The number of aliphatic carboxylic acids is 1. The van der Waals surface area contributed by atoms with E-state index in [2.05, 4.69) is 0 Å². The molecule has 164 valence electrons. The second kappa shape index (κ2) is 12.5. The molecule has 0 aliphatic carbocycles. The number of aliphatic hydroxyl groups excluding tert-OH is 1. The van der Waals surface area contributed by atoms with Crippen LogP contribution in [-0.4, -0.2) is 50.4 Å². The molecular formula is C23H30O7. The highest BCUT2D eigenvalue weighted by Gasteiger charge is 2.19. The minimum absolute atomic E-state index is 0.0590. The molecule has 0 aliphatic rings. The number of carboxylic acid groups (broad SMARTS) is 2. The smallest absolute Gasteiger partial charge is 0.377 e. The summed E-state index contributed by atoms with van der Waals surface area (Å²) >= 11 is 0. The van der Waals surface area contributed by atoms with E-state index in [1.54, 1.807) is 58.0 Å². The Morgan fingerprint density at radius 1 is 0.900 bits per heavy atom. The third-order valence-electron chi connectivity index (χ3n) is 3.84. The zero-order valence-electron chi connectivity index (χ0n) is 18.0. The summed E-state index contributed by atoms with van der Waals surface area (Å²) in [6.45, 7) is 8.80. The van der Waals surface area contributed by atoms with E-state index in [1.165, 1.54) is 0 Å². The lowest BCUT2D eigenvalue weighted by Gasteiger charge is -2.13. The molecule has 0 saturated heterocycles. The summed E-state index contributed by atoms with van der Waals surface area (Å²) in [6.07, 6.45) is 0.451. The van der Waals surface area contributed by atoms with Crippen LogP contribution in [0.5, 0.6) is 0 Å². The molecule has 0 atom stereocenters. The van der Waals surface area contributed by atoms with Crippen molar-refractivity contribution in [3.63, 3.8) is 0 Å². The van der Waals surface area contributed by atoms with Crippen LogP contribution in [0.4, 0.5) is 0 Å². The molecule has 0 spiro atoms. The van der Waals surface area contributed by atoms with Crippen molar-refractivity contribution in [1.82, 2.24) is 0 Å². The summed E-state index contributed by atoms with van der Waals surface area (Å²) in [5.74, 6) is -3.12. The topological polar surface area (TPSA) is 132 Å². The zero-order chi connectivity index (χ0) is 23.5. The number of rotatable bonds is 5. The van der Waals surface area contributed by atoms with Gasteiger partial charge >= 0.3 is 11.9 Å². The lowest BCUT2D eigenvalue weighted by molar-refractivity contribution is -0.131. The molecule has 2 rings (SSSR count). The molecule has 0 unspecified atom stereocenters. The number of carbonyl (C=O) groups excluding carboxylic acids is 1. The van der Waals surface area contributed by atoms with Crippen LogP contribution in [0.25, 0.3) is 0 Å². The number of ketones is 1. The van der Waals surface area contributed by atoms with Crippen LogP contribution in [0.15, 0.2) is 42.5 Å². The monoisotopic (exact) mass is 418 g/mol. The molecule has 0 aromatic heterocycles. The maximum absolute atomic E-state index is 11.3. The number of hydrogen-bond acceptors (Lipinski definition) is 5. The van der Waals surface area contributed by atoms with E-state index >= 15 is 0 Å². The molecular weight excluding hydrogens is 388 g/mol. The van der Waals surface area contributed by atoms with Gasteiger partial charge in [-0.1, -0.05) is 35.9 Å². The molecule has 7 nitrogen and oxygen atoms in total. The average Bonchev–Trinajstić information content (AvgIpc) is 2.61. The third-order valence-corrected chi connectivity index (χ3v) is 3.84. The van der Waals surface area contributed by atoms with Gasteiger partial charge in [-0.15, -0.1) is 0 Å². The molecule has 30 heavy (non-hydrogen) atoms. The normalized spacial score (nSPS) is 10.1. The molecule has 0 heterocycles. The predicted octanol–water partition coefficient (Wildman–Crippen LogP) is 3.40. The Morgan fingerprint density at radius 3 is 1.63 bits per heavy atom. The molecule has 0 amide bonds. The van der Waals surface area contributed by atoms with Crippen molar-refractivity contribution in [3.05, 3.63) is 70.3 Å². The number of hydrogen-bond donors (Lipinski definition) is 4. The van der Waals surface area contributed by atoms with Gasteiger partial charge in [-0.25, -0.2) is 9.59 Å². The van der Waals surface area contributed by atoms with Gasteiger partial charge in [-0.05, 0) is 64.3 Å². The lowest BCUT2D eigenvalue weighted by atomic mass is 9.97. The number of aliphatic hydroxyl groups is 2. The minimum atomic E-state index is -1.40. The van der Waals surface area contributed by atoms with Gasteiger partial charge < -0.3 is 20.4 Å². The van der Waals surface area contributed by atoms with E-state index in [4.69, 9.17) is 20.4 Å². The van der Waals surface area contributed by atoms with Crippen molar-refractivity contribution in [2.75, 3.05) is 6.61 Å². The van der Waals surface area contributed by atoms with Gasteiger partial charge in [0.15, 0.2) is 0 Å². The number of Topliss-reactive ketones (excluding diaryl/α,β-unsaturated/α-hetero) is 1. The highest BCUT2D eigenvalue weighted by Crippen LogP contribution is 2.16. The van der Waals surface area contributed by atoms with Crippen LogP contribution in [0.2, 0.25) is 0 Å². The fraction of sp³-hybridized carbons (Fsp3) is 0.348. The Labute approximate surface area is 176 Å². The van der Waals surface area contributed by atoms with E-state index in [0.29, 0.717) is 17.5 Å². The first-order valence-corrected chi connectivity index (χ1v) is 9.27. The highest BCUT2D eigenvalue weighted by molar-refractivity contribution is 6.40. The second-order valence-corrected chi connectivity index (χ2v) is 7.37. The number of benzene rings is 2. The molecule has 2 aromatic rings. The molecule has 0 saturated carbocycles. The van der Waals surface area contributed by atoms with Crippen molar-refractivity contribution in [3.8, 4) is 0 Å². The quantitative estimate of drug-likeness (QED) is 0.432. The van der Waals surface area contributed by atoms with E-state index in [0.717, 1.165) is 16.7 Å². The largest absolute Gasteiger partial charge is 0.478 e. The third kappa shape index (κ3) is 10.5. The second-order valence-electron chi connectivity index (χ2n) is 7.37. The van der Waals surface area contributed by atoms with Gasteiger partial charge in [0.05, 0.1) is 11.2 Å². The fourth-order valence-corrected chi connectivity index (χ4v) is 2.50. The number of aryl methyl sites for hydroxylation is 3. The van der Waals surface area contributed by atoms with Crippen LogP contribution in [0.3, 0.4) is 0 Å². The standard InChI is InChI=1S/C11H12O3.C7H6O2.C5H12O2/c1-6-4-7(2)9(8(3)5-6)10(12)11(13)14;8-7(9)6-4-2-1-3-5-6;1-5(2,7)3-4-6/h4-5H,1-3H3,(H,13,14);1-5H,(H,8,9);6-7H,3-4H2,1-2H3. The first kappa shape index (κ1) is 27.0. The van der Waals surface area contributed by atoms with Crippen LogP contribution in [0.1, 0.15) is 57.7 Å². The van der Waals surface area contributed by atoms with Crippen LogP contribution >= 0.6 is 0 Å². The van der Waals surface area contributed by atoms with Gasteiger partial charge in [0.1, 0.15) is 0 Å². The van der Waals surface area contributed by atoms with Crippen molar-refractivity contribution in [1.29, 1.82) is 0 Å². The van der Waals surface area contributed by atoms with Crippen LogP contribution in [0, 0.1) is 20.8 Å². The Kier molecular flexibility index (Phi) is 11.3.